The number of nitrogens with two attached hydrogens (primary N) is 1. The molecule has 0 spiro atoms. The van der Waals surface area contributed by atoms with Crippen molar-refractivity contribution in [1.82, 2.24) is 0 Å². The molecule has 16 heavy (non-hydrogen) atoms. The lowest BCUT2D eigenvalue weighted by Gasteiger charge is -2.39. The molecule has 0 saturated heterocycles. The van der Waals surface area contributed by atoms with E-state index in [-0.39, 0.29) is 0 Å². The lowest BCUT2D eigenvalue weighted by Crippen LogP contribution is -2.59. The summed E-state index contributed by atoms with van der Waals surface area (Å²) in [7, 11) is 1.36. The molecule has 0 saturated carbocycles. The summed E-state index contributed by atoms with van der Waals surface area (Å²) in [6, 6.07) is 9.74. The Balaban J connectivity index is 3.16. The Bertz CT molecular complexity index is 369. The Kier molecular flexibility index (Phi) is 3.38. The van der Waals surface area contributed by atoms with Gasteiger partial charge in [0.05, 0.1) is 7.11 Å². The van der Waals surface area contributed by atoms with Crippen LogP contribution in [0.2, 0.25) is 0 Å². The molecular formula is C13H19NO2. The van der Waals surface area contributed by atoms with Gasteiger partial charge in [-0.1, -0.05) is 44.2 Å². The highest BCUT2D eigenvalue weighted by Crippen LogP contribution is 2.33. The molecular weight excluding hydrogens is 202 g/mol. The average Bonchev–Trinajstić information content (AvgIpc) is 2.28. The lowest BCUT2D eigenvalue weighted by atomic mass is 9.69. The summed E-state index contributed by atoms with van der Waals surface area (Å²) in [5, 5.41) is 0. The van der Waals surface area contributed by atoms with Crippen LogP contribution in [0.25, 0.3) is 0 Å². The van der Waals surface area contributed by atoms with Crippen LogP contribution in [-0.4, -0.2) is 18.6 Å². The fourth-order valence-corrected chi connectivity index (χ4v) is 1.62. The van der Waals surface area contributed by atoms with Gasteiger partial charge >= 0.3 is 5.97 Å². The van der Waals surface area contributed by atoms with E-state index in [2.05, 4.69) is 0 Å². The molecule has 1 unspecified atom stereocenters. The van der Waals surface area contributed by atoms with E-state index in [1.165, 1.54) is 7.11 Å². The van der Waals surface area contributed by atoms with Crippen molar-refractivity contribution in [1.29, 1.82) is 0 Å². The molecule has 1 aromatic rings. The second-order valence-corrected chi connectivity index (χ2v) is 4.68. The zero-order valence-electron chi connectivity index (χ0n) is 10.3. The largest absolute Gasteiger partial charge is 0.468 e. The number of benzene rings is 1. The Labute approximate surface area is 96.6 Å². The third-order valence-corrected chi connectivity index (χ3v) is 3.40. The normalized spacial score (nSPS) is 15.3. The maximum absolute atomic E-state index is 11.7. The van der Waals surface area contributed by atoms with Crippen molar-refractivity contribution >= 4 is 5.97 Å². The van der Waals surface area contributed by atoms with Crippen molar-refractivity contribution < 1.29 is 9.53 Å². The first kappa shape index (κ1) is 12.7. The predicted molar refractivity (Wildman–Crippen MR) is 64.1 cm³/mol. The van der Waals surface area contributed by atoms with Crippen LogP contribution in [0.15, 0.2) is 30.3 Å². The SMILES string of the molecule is COC(=O)C(C)(N)C(C)(C)c1ccccc1. The Morgan fingerprint density at radius 3 is 2.12 bits per heavy atom. The predicted octanol–water partition coefficient (Wildman–Crippen LogP) is 1.85. The quantitative estimate of drug-likeness (QED) is 0.792. The highest BCUT2D eigenvalue weighted by atomic mass is 16.5. The molecule has 0 heterocycles. The molecule has 0 fully saturated rings. The van der Waals surface area contributed by atoms with Crippen LogP contribution in [0.3, 0.4) is 0 Å². The highest BCUT2D eigenvalue weighted by Gasteiger charge is 2.45. The van der Waals surface area contributed by atoms with Crippen molar-refractivity contribution in [3.8, 4) is 0 Å². The van der Waals surface area contributed by atoms with E-state index < -0.39 is 16.9 Å². The molecule has 3 heteroatoms. The van der Waals surface area contributed by atoms with Crippen molar-refractivity contribution in [2.75, 3.05) is 7.11 Å². The van der Waals surface area contributed by atoms with Gasteiger partial charge in [0.2, 0.25) is 0 Å². The number of rotatable bonds is 3. The van der Waals surface area contributed by atoms with Gasteiger partial charge in [0.15, 0.2) is 0 Å². The van der Waals surface area contributed by atoms with Gasteiger partial charge in [-0.05, 0) is 12.5 Å². The molecule has 0 aliphatic heterocycles. The second kappa shape index (κ2) is 4.26. The number of carbonyl (C=O) groups excluding carboxylic acids is 1. The van der Waals surface area contributed by atoms with E-state index in [4.69, 9.17) is 10.5 Å². The molecule has 1 atom stereocenters. The first-order valence-corrected chi connectivity index (χ1v) is 5.27. The van der Waals surface area contributed by atoms with Crippen molar-refractivity contribution in [3.63, 3.8) is 0 Å². The minimum atomic E-state index is -1.05. The first-order chi connectivity index (χ1) is 7.34. The fraction of sp³-hybridized carbons (Fsp3) is 0.462. The maximum atomic E-state index is 11.7. The van der Waals surface area contributed by atoms with Gasteiger partial charge < -0.3 is 10.5 Å². The number of esters is 1. The van der Waals surface area contributed by atoms with E-state index in [1.54, 1.807) is 6.92 Å². The molecule has 0 amide bonds. The summed E-state index contributed by atoms with van der Waals surface area (Å²) in [6.07, 6.45) is 0. The Morgan fingerprint density at radius 1 is 1.19 bits per heavy atom. The van der Waals surface area contributed by atoms with Crippen LogP contribution >= 0.6 is 0 Å². The second-order valence-electron chi connectivity index (χ2n) is 4.68. The number of ether oxygens (including phenoxy) is 1. The minimum absolute atomic E-state index is 0.402. The monoisotopic (exact) mass is 221 g/mol. The Hall–Kier alpha value is -1.35. The van der Waals surface area contributed by atoms with Gasteiger partial charge in [0.1, 0.15) is 5.54 Å². The van der Waals surface area contributed by atoms with Crippen molar-refractivity contribution in [2.24, 2.45) is 5.73 Å². The lowest BCUT2D eigenvalue weighted by molar-refractivity contribution is -0.148. The van der Waals surface area contributed by atoms with Crippen molar-refractivity contribution in [3.05, 3.63) is 35.9 Å². The van der Waals surface area contributed by atoms with E-state index in [9.17, 15) is 4.79 Å². The third kappa shape index (κ3) is 1.95. The van der Waals surface area contributed by atoms with Gasteiger partial charge in [0, 0.05) is 5.41 Å². The summed E-state index contributed by atoms with van der Waals surface area (Å²) in [6.45, 7) is 5.59. The molecule has 0 bridgehead atoms. The molecule has 88 valence electrons. The first-order valence-electron chi connectivity index (χ1n) is 5.27. The smallest absolute Gasteiger partial charge is 0.326 e. The van der Waals surface area contributed by atoms with Gasteiger partial charge in [0.25, 0.3) is 0 Å². The van der Waals surface area contributed by atoms with E-state index >= 15 is 0 Å². The van der Waals surface area contributed by atoms with Gasteiger partial charge in [-0.25, -0.2) is 0 Å². The molecule has 0 aliphatic rings. The van der Waals surface area contributed by atoms with Crippen LogP contribution < -0.4 is 5.73 Å². The number of methoxy groups -OCH3 is 1. The maximum Gasteiger partial charge on any atom is 0.326 e. The standard InChI is InChI=1S/C13H19NO2/c1-12(2,10-8-6-5-7-9-10)13(3,14)11(15)16-4/h5-9H,14H2,1-4H3. The van der Waals surface area contributed by atoms with Gasteiger partial charge in [-0.15, -0.1) is 0 Å². The number of carbonyl (C=O) groups is 1. The summed E-state index contributed by atoms with van der Waals surface area (Å²) in [5.41, 5.74) is 5.59. The zero-order chi connectivity index (χ0) is 12.4. The zero-order valence-corrected chi connectivity index (χ0v) is 10.3. The topological polar surface area (TPSA) is 52.3 Å². The molecule has 2 N–H and O–H groups in total. The average molecular weight is 221 g/mol. The molecule has 0 radical (unpaired) electrons. The highest BCUT2D eigenvalue weighted by molar-refractivity contribution is 5.82. The molecule has 3 nitrogen and oxygen atoms in total. The minimum Gasteiger partial charge on any atom is -0.468 e. The summed E-state index contributed by atoms with van der Waals surface area (Å²) < 4.78 is 4.76. The van der Waals surface area contributed by atoms with E-state index in [1.807, 2.05) is 44.2 Å². The Morgan fingerprint density at radius 2 is 1.69 bits per heavy atom. The van der Waals surface area contributed by atoms with Gasteiger partial charge in [-0.3, -0.25) is 4.79 Å². The van der Waals surface area contributed by atoms with Crippen LogP contribution in [0.1, 0.15) is 26.3 Å². The molecule has 1 aromatic carbocycles. The summed E-state index contributed by atoms with van der Waals surface area (Å²) >= 11 is 0. The van der Waals surface area contributed by atoms with Crippen LogP contribution in [0.4, 0.5) is 0 Å². The fourth-order valence-electron chi connectivity index (χ4n) is 1.62. The third-order valence-electron chi connectivity index (χ3n) is 3.40. The van der Waals surface area contributed by atoms with E-state index in [0.29, 0.717) is 0 Å². The molecule has 0 aromatic heterocycles. The summed E-state index contributed by atoms with van der Waals surface area (Å²) in [5.74, 6) is -0.402. The molecule has 1 rings (SSSR count). The van der Waals surface area contributed by atoms with Crippen LogP contribution in [0, 0.1) is 0 Å². The number of hydrogen-bond acceptors (Lipinski definition) is 3. The van der Waals surface area contributed by atoms with Crippen molar-refractivity contribution in [2.45, 2.75) is 31.7 Å². The number of hydrogen-bond donors (Lipinski definition) is 1. The molecule has 0 aliphatic carbocycles. The van der Waals surface area contributed by atoms with Crippen LogP contribution in [-0.2, 0) is 14.9 Å². The van der Waals surface area contributed by atoms with Crippen LogP contribution in [0.5, 0.6) is 0 Å². The van der Waals surface area contributed by atoms with Gasteiger partial charge in [-0.2, -0.15) is 0 Å². The van der Waals surface area contributed by atoms with E-state index in [0.717, 1.165) is 5.56 Å². The summed E-state index contributed by atoms with van der Waals surface area (Å²) in [4.78, 5) is 11.7.